The Bertz CT molecular complexity index is 342. The summed E-state index contributed by atoms with van der Waals surface area (Å²) in [7, 11) is 0. The van der Waals surface area contributed by atoms with Gasteiger partial charge in [-0.3, -0.25) is 0 Å². The number of halogens is 2. The van der Waals surface area contributed by atoms with Gasteiger partial charge < -0.3 is 15.2 Å². The van der Waals surface area contributed by atoms with Gasteiger partial charge in [0.15, 0.2) is 0 Å². The fourth-order valence-electron chi connectivity index (χ4n) is 1.69. The van der Waals surface area contributed by atoms with E-state index in [4.69, 9.17) is 5.11 Å². The first-order valence-corrected chi connectivity index (χ1v) is 6.02. The number of hydrogen-bond donors (Lipinski definition) is 2. The standard InChI is InChI=1S/C7H6F2O2.C6H13N/c8-7(9)11-6-3-1-2-5(10)4-6;1-6-3-2-4-7-5-6/h1-4,7,10H;6-7H,2-5H2,1H3/t;6-/m.1/s1. The second-order valence-electron chi connectivity index (χ2n) is 4.33. The lowest BCUT2D eigenvalue weighted by atomic mass is 10.0. The summed E-state index contributed by atoms with van der Waals surface area (Å²) < 4.78 is 27.1. The first-order valence-electron chi connectivity index (χ1n) is 6.02. The Hall–Kier alpha value is -1.36. The zero-order valence-corrected chi connectivity index (χ0v) is 10.4. The lowest BCUT2D eigenvalue weighted by Crippen LogP contribution is -2.27. The maximum Gasteiger partial charge on any atom is 0.387 e. The summed E-state index contributed by atoms with van der Waals surface area (Å²) in [5.41, 5.74) is 0. The van der Waals surface area contributed by atoms with Crippen molar-refractivity contribution in [1.29, 1.82) is 0 Å². The molecular formula is C13H19F2NO2. The average molecular weight is 259 g/mol. The Balaban J connectivity index is 0.000000199. The third-order valence-electron chi connectivity index (χ3n) is 2.59. The van der Waals surface area contributed by atoms with E-state index < -0.39 is 6.61 Å². The van der Waals surface area contributed by atoms with Crippen LogP contribution in [0.1, 0.15) is 19.8 Å². The number of rotatable bonds is 2. The van der Waals surface area contributed by atoms with E-state index in [1.807, 2.05) is 0 Å². The molecule has 1 atom stereocenters. The number of benzene rings is 1. The van der Waals surface area contributed by atoms with Gasteiger partial charge in [0.25, 0.3) is 0 Å². The zero-order valence-electron chi connectivity index (χ0n) is 10.4. The average Bonchev–Trinajstić information content (AvgIpc) is 2.30. The van der Waals surface area contributed by atoms with E-state index in [0.717, 1.165) is 12.0 Å². The molecule has 1 aliphatic heterocycles. The van der Waals surface area contributed by atoms with Gasteiger partial charge in [-0.2, -0.15) is 8.78 Å². The van der Waals surface area contributed by atoms with E-state index in [1.54, 1.807) is 0 Å². The minimum Gasteiger partial charge on any atom is -0.508 e. The fraction of sp³-hybridized carbons (Fsp3) is 0.538. The zero-order chi connectivity index (χ0) is 13.4. The number of alkyl halides is 2. The monoisotopic (exact) mass is 259 g/mol. The molecule has 0 unspecified atom stereocenters. The predicted octanol–water partition coefficient (Wildman–Crippen LogP) is 3.00. The molecule has 1 heterocycles. The fourth-order valence-corrected chi connectivity index (χ4v) is 1.69. The first-order chi connectivity index (χ1) is 8.58. The van der Waals surface area contributed by atoms with Crippen molar-refractivity contribution in [3.63, 3.8) is 0 Å². The van der Waals surface area contributed by atoms with Crippen LogP contribution in [0.2, 0.25) is 0 Å². The highest BCUT2D eigenvalue weighted by molar-refractivity contribution is 5.31. The first kappa shape index (κ1) is 14.7. The van der Waals surface area contributed by atoms with Crippen molar-refractivity contribution in [2.24, 2.45) is 5.92 Å². The molecule has 0 aromatic heterocycles. The van der Waals surface area contributed by atoms with Crippen LogP contribution in [0.3, 0.4) is 0 Å². The van der Waals surface area contributed by atoms with Gasteiger partial charge in [0.05, 0.1) is 0 Å². The van der Waals surface area contributed by atoms with E-state index >= 15 is 0 Å². The van der Waals surface area contributed by atoms with Crippen LogP contribution in [0.15, 0.2) is 24.3 Å². The predicted molar refractivity (Wildman–Crippen MR) is 66.0 cm³/mol. The summed E-state index contributed by atoms with van der Waals surface area (Å²) in [5, 5.41) is 12.1. The number of ether oxygens (including phenoxy) is 1. The molecule has 0 saturated carbocycles. The molecule has 1 aromatic carbocycles. The van der Waals surface area contributed by atoms with Crippen LogP contribution in [0, 0.1) is 5.92 Å². The van der Waals surface area contributed by atoms with E-state index in [1.165, 1.54) is 44.1 Å². The summed E-state index contributed by atoms with van der Waals surface area (Å²) >= 11 is 0. The van der Waals surface area contributed by atoms with Crippen molar-refractivity contribution in [3.8, 4) is 11.5 Å². The van der Waals surface area contributed by atoms with Gasteiger partial charge in [0.1, 0.15) is 11.5 Å². The maximum absolute atomic E-state index is 11.5. The van der Waals surface area contributed by atoms with E-state index in [9.17, 15) is 8.78 Å². The van der Waals surface area contributed by atoms with E-state index in [-0.39, 0.29) is 11.5 Å². The Morgan fingerprint density at radius 1 is 1.44 bits per heavy atom. The summed E-state index contributed by atoms with van der Waals surface area (Å²) in [6, 6.07) is 5.25. The second-order valence-corrected chi connectivity index (χ2v) is 4.33. The van der Waals surface area contributed by atoms with Crippen LogP contribution in [-0.4, -0.2) is 24.8 Å². The molecule has 1 fully saturated rings. The minimum atomic E-state index is -2.85. The van der Waals surface area contributed by atoms with Crippen LogP contribution in [0.4, 0.5) is 8.78 Å². The van der Waals surface area contributed by atoms with Gasteiger partial charge >= 0.3 is 6.61 Å². The van der Waals surface area contributed by atoms with Crippen LogP contribution < -0.4 is 10.1 Å². The Labute approximate surface area is 106 Å². The third-order valence-corrected chi connectivity index (χ3v) is 2.59. The molecule has 0 spiro atoms. The minimum absolute atomic E-state index is 0.0417. The van der Waals surface area contributed by atoms with Crippen molar-refractivity contribution in [2.75, 3.05) is 13.1 Å². The molecule has 0 radical (unpaired) electrons. The number of piperidine rings is 1. The largest absolute Gasteiger partial charge is 0.508 e. The molecule has 5 heteroatoms. The lowest BCUT2D eigenvalue weighted by Gasteiger charge is -2.17. The van der Waals surface area contributed by atoms with Crippen LogP contribution in [0.25, 0.3) is 0 Å². The smallest absolute Gasteiger partial charge is 0.387 e. The van der Waals surface area contributed by atoms with Gasteiger partial charge in [0.2, 0.25) is 0 Å². The SMILES string of the molecule is C[C@@H]1CCCNC1.Oc1cccc(OC(F)F)c1. The van der Waals surface area contributed by atoms with Crippen LogP contribution >= 0.6 is 0 Å². The molecule has 0 bridgehead atoms. The number of phenolic OH excluding ortho intramolecular Hbond substituents is 1. The highest BCUT2D eigenvalue weighted by Gasteiger charge is 2.05. The summed E-state index contributed by atoms with van der Waals surface area (Å²) in [4.78, 5) is 0. The van der Waals surface area contributed by atoms with Crippen LogP contribution in [0.5, 0.6) is 11.5 Å². The highest BCUT2D eigenvalue weighted by Crippen LogP contribution is 2.19. The summed E-state index contributed by atoms with van der Waals surface area (Å²) in [6.07, 6.45) is 2.80. The van der Waals surface area contributed by atoms with E-state index in [2.05, 4.69) is 17.0 Å². The molecule has 1 saturated heterocycles. The second kappa shape index (κ2) is 7.87. The maximum atomic E-state index is 11.5. The normalized spacial score (nSPS) is 19.0. The molecule has 0 aliphatic carbocycles. The molecule has 18 heavy (non-hydrogen) atoms. The van der Waals surface area contributed by atoms with Crippen molar-refractivity contribution < 1.29 is 18.6 Å². The molecule has 2 rings (SSSR count). The molecule has 1 aliphatic rings. The van der Waals surface area contributed by atoms with Crippen LogP contribution in [-0.2, 0) is 0 Å². The summed E-state index contributed by atoms with van der Waals surface area (Å²) in [6.45, 7) is 1.92. The Morgan fingerprint density at radius 3 is 2.67 bits per heavy atom. The third kappa shape index (κ3) is 6.39. The van der Waals surface area contributed by atoms with E-state index in [0.29, 0.717) is 0 Å². The number of aromatic hydroxyl groups is 1. The molecule has 102 valence electrons. The van der Waals surface area contributed by atoms with Gasteiger partial charge in [-0.25, -0.2) is 0 Å². The molecule has 2 N–H and O–H groups in total. The van der Waals surface area contributed by atoms with Crippen molar-refractivity contribution in [1.82, 2.24) is 5.32 Å². The number of hydrogen-bond acceptors (Lipinski definition) is 3. The van der Waals surface area contributed by atoms with Gasteiger partial charge in [0, 0.05) is 6.07 Å². The number of phenols is 1. The molecule has 3 nitrogen and oxygen atoms in total. The quantitative estimate of drug-likeness (QED) is 0.858. The van der Waals surface area contributed by atoms with Crippen molar-refractivity contribution >= 4 is 0 Å². The highest BCUT2D eigenvalue weighted by atomic mass is 19.3. The molecule has 0 amide bonds. The molecular weight excluding hydrogens is 240 g/mol. The summed E-state index contributed by atoms with van der Waals surface area (Å²) in [5.74, 6) is 0.789. The van der Waals surface area contributed by atoms with Gasteiger partial charge in [-0.15, -0.1) is 0 Å². The van der Waals surface area contributed by atoms with Crippen molar-refractivity contribution in [3.05, 3.63) is 24.3 Å². The Morgan fingerprint density at radius 2 is 2.22 bits per heavy atom. The lowest BCUT2D eigenvalue weighted by molar-refractivity contribution is -0.0499. The van der Waals surface area contributed by atoms with Crippen molar-refractivity contribution in [2.45, 2.75) is 26.4 Å². The topological polar surface area (TPSA) is 41.5 Å². The van der Waals surface area contributed by atoms with Gasteiger partial charge in [-0.05, 0) is 44.0 Å². The Kier molecular flexibility index (Phi) is 6.43. The van der Waals surface area contributed by atoms with Gasteiger partial charge in [-0.1, -0.05) is 13.0 Å². The molecule has 1 aromatic rings. The number of nitrogens with one attached hydrogen (secondary N) is 1.